The van der Waals surface area contributed by atoms with Gasteiger partial charge in [0, 0.05) is 0 Å². The van der Waals surface area contributed by atoms with Gasteiger partial charge < -0.3 is 5.73 Å². The van der Waals surface area contributed by atoms with Crippen molar-refractivity contribution in [3.8, 4) is 0 Å². The van der Waals surface area contributed by atoms with Gasteiger partial charge in [-0.1, -0.05) is 33.6 Å². The van der Waals surface area contributed by atoms with Crippen LogP contribution in [0.3, 0.4) is 0 Å². The highest BCUT2D eigenvalue weighted by Gasteiger charge is 2.72. The van der Waals surface area contributed by atoms with Gasteiger partial charge in [0.05, 0.1) is 0 Å². The van der Waals surface area contributed by atoms with Crippen LogP contribution in [0.4, 0.5) is 0 Å². The zero-order valence-corrected chi connectivity index (χ0v) is 9.27. The van der Waals surface area contributed by atoms with Crippen molar-refractivity contribution in [3.05, 3.63) is 0 Å². The first kappa shape index (κ1) is 9.51. The molecule has 0 saturated heterocycles. The molecular formula is C12H23N. The van der Waals surface area contributed by atoms with Crippen LogP contribution in [0.2, 0.25) is 0 Å². The summed E-state index contributed by atoms with van der Waals surface area (Å²) in [4.78, 5) is 0. The predicted octanol–water partition coefficient (Wildman–Crippen LogP) is 2.80. The van der Waals surface area contributed by atoms with E-state index in [1.54, 1.807) is 0 Å². The third-order valence-corrected chi connectivity index (χ3v) is 5.21. The molecule has 2 rings (SSSR count). The fourth-order valence-electron chi connectivity index (χ4n) is 4.48. The SMILES string of the molecule is CCC1CCCC12C(CN)C2(C)C. The van der Waals surface area contributed by atoms with Crippen molar-refractivity contribution >= 4 is 0 Å². The van der Waals surface area contributed by atoms with Crippen molar-refractivity contribution in [2.24, 2.45) is 28.4 Å². The third kappa shape index (κ3) is 0.918. The smallest absolute Gasteiger partial charge is 0.00379 e. The fraction of sp³-hybridized carbons (Fsp3) is 1.00. The van der Waals surface area contributed by atoms with Gasteiger partial charge in [0.2, 0.25) is 0 Å². The topological polar surface area (TPSA) is 26.0 Å². The molecule has 13 heavy (non-hydrogen) atoms. The summed E-state index contributed by atoms with van der Waals surface area (Å²) in [5, 5.41) is 0. The first-order valence-electron chi connectivity index (χ1n) is 5.81. The maximum atomic E-state index is 5.88. The molecule has 3 atom stereocenters. The minimum Gasteiger partial charge on any atom is -0.330 e. The number of hydrogen-bond acceptors (Lipinski definition) is 1. The third-order valence-electron chi connectivity index (χ3n) is 5.21. The molecule has 2 aliphatic carbocycles. The lowest BCUT2D eigenvalue weighted by Gasteiger charge is -2.21. The van der Waals surface area contributed by atoms with E-state index in [1.165, 1.54) is 25.7 Å². The van der Waals surface area contributed by atoms with Gasteiger partial charge in [-0.05, 0) is 42.1 Å². The zero-order chi connectivity index (χ0) is 9.69. The fourth-order valence-corrected chi connectivity index (χ4v) is 4.48. The van der Waals surface area contributed by atoms with Crippen LogP contribution >= 0.6 is 0 Å². The summed E-state index contributed by atoms with van der Waals surface area (Å²) in [6.07, 6.45) is 5.70. The molecule has 0 aliphatic heterocycles. The van der Waals surface area contributed by atoms with Crippen LogP contribution in [0.1, 0.15) is 46.5 Å². The summed E-state index contributed by atoms with van der Waals surface area (Å²) >= 11 is 0. The Morgan fingerprint density at radius 2 is 2.08 bits per heavy atom. The standard InChI is InChI=1S/C12H23N/c1-4-9-6-5-7-12(9)10(8-13)11(12,2)3/h9-10H,4-8,13H2,1-3H3. The van der Waals surface area contributed by atoms with E-state index in [9.17, 15) is 0 Å². The Hall–Kier alpha value is -0.0400. The highest BCUT2D eigenvalue weighted by molar-refractivity contribution is 5.21. The normalized spacial score (nSPS) is 47.1. The minimum atomic E-state index is 0.541. The van der Waals surface area contributed by atoms with Crippen LogP contribution < -0.4 is 5.73 Å². The Morgan fingerprint density at radius 3 is 2.54 bits per heavy atom. The second kappa shape index (κ2) is 2.73. The predicted molar refractivity (Wildman–Crippen MR) is 56.4 cm³/mol. The zero-order valence-electron chi connectivity index (χ0n) is 9.27. The molecular weight excluding hydrogens is 158 g/mol. The van der Waals surface area contributed by atoms with Crippen molar-refractivity contribution < 1.29 is 0 Å². The van der Waals surface area contributed by atoms with Crippen LogP contribution in [0, 0.1) is 22.7 Å². The second-order valence-corrected chi connectivity index (χ2v) is 5.55. The largest absolute Gasteiger partial charge is 0.330 e. The van der Waals surface area contributed by atoms with Gasteiger partial charge in [-0.2, -0.15) is 0 Å². The van der Waals surface area contributed by atoms with Gasteiger partial charge in [0.25, 0.3) is 0 Å². The van der Waals surface area contributed by atoms with Gasteiger partial charge in [0.15, 0.2) is 0 Å². The number of rotatable bonds is 2. The van der Waals surface area contributed by atoms with Crippen LogP contribution in [0.25, 0.3) is 0 Å². The van der Waals surface area contributed by atoms with E-state index in [4.69, 9.17) is 5.73 Å². The molecule has 2 saturated carbocycles. The van der Waals surface area contributed by atoms with Crippen molar-refractivity contribution in [1.82, 2.24) is 0 Å². The molecule has 1 heteroatoms. The minimum absolute atomic E-state index is 0.541. The second-order valence-electron chi connectivity index (χ2n) is 5.55. The van der Waals surface area contributed by atoms with Gasteiger partial charge >= 0.3 is 0 Å². The summed E-state index contributed by atoms with van der Waals surface area (Å²) in [5.41, 5.74) is 7.07. The Labute approximate surface area is 82.1 Å². The average Bonchev–Trinajstić information content (AvgIpc) is 2.48. The molecule has 0 heterocycles. The number of nitrogens with two attached hydrogens (primary N) is 1. The lowest BCUT2D eigenvalue weighted by molar-refractivity contribution is 0.273. The van der Waals surface area contributed by atoms with E-state index in [1.807, 2.05) is 0 Å². The molecule has 3 unspecified atom stereocenters. The molecule has 0 amide bonds. The molecule has 1 nitrogen and oxygen atoms in total. The van der Waals surface area contributed by atoms with E-state index >= 15 is 0 Å². The van der Waals surface area contributed by atoms with Gasteiger partial charge in [-0.25, -0.2) is 0 Å². The van der Waals surface area contributed by atoms with Crippen molar-refractivity contribution in [3.63, 3.8) is 0 Å². The van der Waals surface area contributed by atoms with Gasteiger partial charge in [0.1, 0.15) is 0 Å². The maximum absolute atomic E-state index is 5.88. The van der Waals surface area contributed by atoms with Crippen LogP contribution in [-0.4, -0.2) is 6.54 Å². The quantitative estimate of drug-likeness (QED) is 0.696. The molecule has 0 bridgehead atoms. The summed E-state index contributed by atoms with van der Waals surface area (Å²) < 4.78 is 0. The lowest BCUT2D eigenvalue weighted by atomic mass is 9.83. The molecule has 2 N–H and O–H groups in total. The molecule has 2 aliphatic rings. The van der Waals surface area contributed by atoms with E-state index < -0.39 is 0 Å². The molecule has 0 aromatic heterocycles. The van der Waals surface area contributed by atoms with E-state index in [-0.39, 0.29) is 0 Å². The van der Waals surface area contributed by atoms with E-state index in [0.29, 0.717) is 10.8 Å². The molecule has 76 valence electrons. The molecule has 1 spiro atoms. The van der Waals surface area contributed by atoms with E-state index in [0.717, 1.165) is 18.4 Å². The van der Waals surface area contributed by atoms with Gasteiger partial charge in [-0.15, -0.1) is 0 Å². The Kier molecular flexibility index (Phi) is 1.99. The first-order chi connectivity index (χ1) is 6.11. The molecule has 0 aromatic rings. The first-order valence-corrected chi connectivity index (χ1v) is 5.81. The highest BCUT2D eigenvalue weighted by Crippen LogP contribution is 2.77. The van der Waals surface area contributed by atoms with Gasteiger partial charge in [-0.3, -0.25) is 0 Å². The van der Waals surface area contributed by atoms with Crippen molar-refractivity contribution in [2.75, 3.05) is 6.54 Å². The maximum Gasteiger partial charge on any atom is -0.00379 e. The van der Waals surface area contributed by atoms with Crippen molar-refractivity contribution in [1.29, 1.82) is 0 Å². The van der Waals surface area contributed by atoms with Crippen molar-refractivity contribution in [2.45, 2.75) is 46.5 Å². The summed E-state index contributed by atoms with van der Waals surface area (Å²) in [6.45, 7) is 8.11. The Balaban J connectivity index is 2.22. The molecule has 2 fully saturated rings. The molecule has 0 aromatic carbocycles. The highest BCUT2D eigenvalue weighted by atomic mass is 14.8. The average molecular weight is 181 g/mol. The van der Waals surface area contributed by atoms with E-state index in [2.05, 4.69) is 20.8 Å². The van der Waals surface area contributed by atoms with Crippen LogP contribution in [0.5, 0.6) is 0 Å². The summed E-state index contributed by atoms with van der Waals surface area (Å²) in [6, 6.07) is 0. The summed E-state index contributed by atoms with van der Waals surface area (Å²) in [5.74, 6) is 1.78. The van der Waals surface area contributed by atoms with Crippen LogP contribution in [0.15, 0.2) is 0 Å². The molecule has 0 radical (unpaired) electrons. The Morgan fingerprint density at radius 1 is 1.38 bits per heavy atom. The lowest BCUT2D eigenvalue weighted by Crippen LogP contribution is -2.16. The summed E-state index contributed by atoms with van der Waals surface area (Å²) in [7, 11) is 0. The van der Waals surface area contributed by atoms with Crippen LogP contribution in [-0.2, 0) is 0 Å². The monoisotopic (exact) mass is 181 g/mol. The number of hydrogen-bond donors (Lipinski definition) is 1. The Bertz CT molecular complexity index is 201.